The molecule has 0 spiro atoms. The molecule has 7 heteroatoms. The van der Waals surface area contributed by atoms with Gasteiger partial charge in [-0.05, 0) is 12.5 Å². The lowest BCUT2D eigenvalue weighted by molar-refractivity contribution is 0.0529. The summed E-state index contributed by atoms with van der Waals surface area (Å²) >= 11 is 2.63. The zero-order chi connectivity index (χ0) is 16.9. The Hall–Kier alpha value is -2.51. The molecule has 0 radical (unpaired) electrons. The first-order valence-corrected chi connectivity index (χ1v) is 9.06. The van der Waals surface area contributed by atoms with E-state index in [0.29, 0.717) is 16.3 Å². The fourth-order valence-corrected chi connectivity index (χ4v) is 3.66. The van der Waals surface area contributed by atoms with E-state index in [0.717, 1.165) is 11.1 Å². The zero-order valence-electron chi connectivity index (χ0n) is 12.8. The van der Waals surface area contributed by atoms with Gasteiger partial charge in [-0.25, -0.2) is 9.78 Å². The van der Waals surface area contributed by atoms with Gasteiger partial charge >= 0.3 is 5.97 Å². The van der Waals surface area contributed by atoms with Gasteiger partial charge in [0, 0.05) is 16.3 Å². The normalized spacial score (nSPS) is 10.4. The molecule has 0 saturated heterocycles. The van der Waals surface area contributed by atoms with Gasteiger partial charge in [0.15, 0.2) is 0 Å². The third kappa shape index (κ3) is 3.37. The third-order valence-corrected chi connectivity index (χ3v) is 4.73. The van der Waals surface area contributed by atoms with Gasteiger partial charge in [0.1, 0.15) is 16.3 Å². The second kappa shape index (κ2) is 7.37. The summed E-state index contributed by atoms with van der Waals surface area (Å²) in [7, 11) is 0. The smallest absolute Gasteiger partial charge is 0.341 e. The zero-order valence-corrected chi connectivity index (χ0v) is 14.4. The molecule has 0 bridgehead atoms. The van der Waals surface area contributed by atoms with Gasteiger partial charge in [-0.2, -0.15) is 0 Å². The van der Waals surface area contributed by atoms with Crippen molar-refractivity contribution in [2.24, 2.45) is 0 Å². The molecule has 0 fully saturated rings. The standard InChI is InChI=1S/C17H14N2O3S2/c1-2-22-17(21)14-12(11-6-4-3-5-7-11)8-24-16(14)19-15(20)13-9-23-10-18-13/h3-10H,2H2,1H3,(H,19,20). The SMILES string of the molecule is CCOC(=O)c1c(-c2ccccc2)csc1NC(=O)c1cscn1. The van der Waals surface area contributed by atoms with Crippen molar-refractivity contribution in [2.75, 3.05) is 11.9 Å². The molecule has 0 atom stereocenters. The number of hydrogen-bond donors (Lipinski definition) is 1. The summed E-state index contributed by atoms with van der Waals surface area (Å²) < 4.78 is 5.16. The van der Waals surface area contributed by atoms with Gasteiger partial charge in [0.25, 0.3) is 5.91 Å². The molecule has 3 rings (SSSR count). The highest BCUT2D eigenvalue weighted by Gasteiger charge is 2.23. The van der Waals surface area contributed by atoms with Crippen LogP contribution in [-0.4, -0.2) is 23.5 Å². The molecule has 5 nitrogen and oxygen atoms in total. The van der Waals surface area contributed by atoms with Crippen LogP contribution in [0.4, 0.5) is 5.00 Å². The minimum atomic E-state index is -0.453. The number of carbonyl (C=O) groups is 2. The number of aromatic nitrogens is 1. The van der Waals surface area contributed by atoms with Crippen LogP contribution < -0.4 is 5.32 Å². The maximum Gasteiger partial charge on any atom is 0.341 e. The van der Waals surface area contributed by atoms with Crippen LogP contribution in [0.5, 0.6) is 0 Å². The summed E-state index contributed by atoms with van der Waals surface area (Å²) in [6, 6.07) is 9.53. The highest BCUT2D eigenvalue weighted by Crippen LogP contribution is 2.36. The summed E-state index contributed by atoms with van der Waals surface area (Å²) in [5, 5.41) is 6.73. The van der Waals surface area contributed by atoms with Crippen LogP contribution in [-0.2, 0) is 4.74 Å². The third-order valence-electron chi connectivity index (χ3n) is 3.25. The average molecular weight is 358 g/mol. The Morgan fingerprint density at radius 2 is 2.00 bits per heavy atom. The van der Waals surface area contributed by atoms with E-state index in [2.05, 4.69) is 10.3 Å². The van der Waals surface area contributed by atoms with E-state index in [9.17, 15) is 9.59 Å². The van der Waals surface area contributed by atoms with Crippen LogP contribution in [0.15, 0.2) is 46.6 Å². The average Bonchev–Trinajstić information content (AvgIpc) is 3.25. The van der Waals surface area contributed by atoms with Crippen molar-refractivity contribution in [3.63, 3.8) is 0 Å². The van der Waals surface area contributed by atoms with Crippen molar-refractivity contribution in [3.8, 4) is 11.1 Å². The maximum absolute atomic E-state index is 12.4. The number of nitrogens with one attached hydrogen (secondary N) is 1. The number of thiazole rings is 1. The fraction of sp³-hybridized carbons (Fsp3) is 0.118. The Morgan fingerprint density at radius 1 is 1.21 bits per heavy atom. The Labute approximate surface area is 146 Å². The molecule has 3 aromatic rings. The summed E-state index contributed by atoms with van der Waals surface area (Å²) in [5.74, 6) is -0.797. The number of esters is 1. The molecule has 1 aromatic carbocycles. The Balaban J connectivity index is 1.98. The number of rotatable bonds is 5. The molecule has 0 saturated carbocycles. The molecule has 2 aromatic heterocycles. The van der Waals surface area contributed by atoms with Gasteiger partial charge < -0.3 is 10.1 Å². The molecule has 0 unspecified atom stereocenters. The van der Waals surface area contributed by atoms with Crippen LogP contribution in [0.2, 0.25) is 0 Å². The lowest BCUT2D eigenvalue weighted by Gasteiger charge is -2.08. The van der Waals surface area contributed by atoms with E-state index in [1.54, 1.807) is 17.8 Å². The first-order valence-electron chi connectivity index (χ1n) is 7.24. The topological polar surface area (TPSA) is 68.3 Å². The molecule has 122 valence electrons. The molecule has 2 heterocycles. The molecule has 0 aliphatic carbocycles. The minimum Gasteiger partial charge on any atom is -0.462 e. The number of carbonyl (C=O) groups excluding carboxylic acids is 2. The van der Waals surface area contributed by atoms with Crippen molar-refractivity contribution >= 4 is 39.6 Å². The van der Waals surface area contributed by atoms with E-state index < -0.39 is 5.97 Å². The van der Waals surface area contributed by atoms with Gasteiger partial charge in [0.2, 0.25) is 0 Å². The van der Waals surface area contributed by atoms with Crippen LogP contribution >= 0.6 is 22.7 Å². The number of amides is 1. The van der Waals surface area contributed by atoms with E-state index >= 15 is 0 Å². The summed E-state index contributed by atoms with van der Waals surface area (Å²) in [6.07, 6.45) is 0. The monoisotopic (exact) mass is 358 g/mol. The quantitative estimate of drug-likeness (QED) is 0.691. The number of benzene rings is 1. The van der Waals surface area contributed by atoms with Crippen LogP contribution in [0.3, 0.4) is 0 Å². The van der Waals surface area contributed by atoms with Gasteiger partial charge in [-0.1, -0.05) is 30.3 Å². The highest BCUT2D eigenvalue weighted by molar-refractivity contribution is 7.15. The van der Waals surface area contributed by atoms with Crippen LogP contribution in [0, 0.1) is 0 Å². The van der Waals surface area contributed by atoms with E-state index in [1.165, 1.54) is 22.7 Å². The van der Waals surface area contributed by atoms with E-state index in [4.69, 9.17) is 4.74 Å². The van der Waals surface area contributed by atoms with Crippen molar-refractivity contribution < 1.29 is 14.3 Å². The fourth-order valence-electron chi connectivity index (χ4n) is 2.18. The lowest BCUT2D eigenvalue weighted by Crippen LogP contribution is -2.15. The predicted octanol–water partition coefficient (Wildman–Crippen LogP) is 4.30. The van der Waals surface area contributed by atoms with Crippen LogP contribution in [0.25, 0.3) is 11.1 Å². The highest BCUT2D eigenvalue weighted by atomic mass is 32.1. The summed E-state index contributed by atoms with van der Waals surface area (Å²) in [6.45, 7) is 2.02. The molecule has 24 heavy (non-hydrogen) atoms. The summed E-state index contributed by atoms with van der Waals surface area (Å²) in [4.78, 5) is 28.6. The Kier molecular flexibility index (Phi) is 5.02. The second-order valence-corrected chi connectivity index (χ2v) is 6.37. The first kappa shape index (κ1) is 16.4. The number of thiophene rings is 1. The second-order valence-electron chi connectivity index (χ2n) is 4.77. The molecule has 0 aliphatic heterocycles. The minimum absolute atomic E-state index is 0.266. The molecule has 0 aliphatic rings. The van der Waals surface area contributed by atoms with Crippen molar-refractivity contribution in [1.82, 2.24) is 4.98 Å². The largest absolute Gasteiger partial charge is 0.462 e. The van der Waals surface area contributed by atoms with Crippen molar-refractivity contribution in [1.29, 1.82) is 0 Å². The van der Waals surface area contributed by atoms with E-state index in [1.807, 2.05) is 35.7 Å². The summed E-state index contributed by atoms with van der Waals surface area (Å²) in [5.41, 5.74) is 3.92. The Bertz CT molecular complexity index is 842. The lowest BCUT2D eigenvalue weighted by atomic mass is 10.0. The van der Waals surface area contributed by atoms with Crippen LogP contribution in [0.1, 0.15) is 27.8 Å². The van der Waals surface area contributed by atoms with Crippen molar-refractivity contribution in [2.45, 2.75) is 6.92 Å². The number of hydrogen-bond acceptors (Lipinski definition) is 6. The molecular weight excluding hydrogens is 344 g/mol. The maximum atomic E-state index is 12.4. The first-order chi connectivity index (χ1) is 11.7. The van der Waals surface area contributed by atoms with Crippen molar-refractivity contribution in [3.05, 3.63) is 57.9 Å². The number of ether oxygens (including phenoxy) is 1. The Morgan fingerprint density at radius 3 is 2.67 bits per heavy atom. The van der Waals surface area contributed by atoms with E-state index in [-0.39, 0.29) is 12.5 Å². The molecule has 1 amide bonds. The number of nitrogens with zero attached hydrogens (tertiary/aromatic N) is 1. The molecular formula is C17H14N2O3S2. The van der Waals surface area contributed by atoms with Gasteiger partial charge in [0.05, 0.1) is 12.1 Å². The van der Waals surface area contributed by atoms with Gasteiger partial charge in [-0.3, -0.25) is 4.79 Å². The van der Waals surface area contributed by atoms with Gasteiger partial charge in [-0.15, -0.1) is 22.7 Å². The predicted molar refractivity (Wildman–Crippen MR) is 95.8 cm³/mol. The number of anilines is 1. The molecule has 1 N–H and O–H groups in total.